The standard InChI is InChI=1S/C17H23N5O2/c1-11(2)15-19-16(24-20-15)17-6-4-5-12(17)8-22(9-17)13-7-14(23)21(3)10-18-13/h7,10-12H,4-6,8-9H2,1-3H3/t12-,17-/m0/s1. The van der Waals surface area contributed by atoms with Crippen LogP contribution in [-0.2, 0) is 12.5 Å². The Bertz CT molecular complexity index is 811. The fourth-order valence-corrected chi connectivity index (χ4v) is 4.11. The molecule has 0 radical (unpaired) electrons. The van der Waals surface area contributed by atoms with Crippen molar-refractivity contribution in [3.63, 3.8) is 0 Å². The molecule has 1 aliphatic heterocycles. The normalized spacial score (nSPS) is 26.3. The van der Waals surface area contributed by atoms with Gasteiger partial charge in [-0.1, -0.05) is 25.4 Å². The van der Waals surface area contributed by atoms with Gasteiger partial charge in [0.05, 0.1) is 11.7 Å². The fourth-order valence-electron chi connectivity index (χ4n) is 4.11. The van der Waals surface area contributed by atoms with Gasteiger partial charge in [-0.3, -0.25) is 4.79 Å². The number of aromatic nitrogens is 4. The molecule has 7 nitrogen and oxygen atoms in total. The zero-order chi connectivity index (χ0) is 16.9. The third kappa shape index (κ3) is 2.25. The number of hydrogen-bond acceptors (Lipinski definition) is 6. The number of hydrogen-bond donors (Lipinski definition) is 0. The molecule has 0 amide bonds. The maximum atomic E-state index is 11.9. The second kappa shape index (κ2) is 5.43. The monoisotopic (exact) mass is 329 g/mol. The summed E-state index contributed by atoms with van der Waals surface area (Å²) in [6.07, 6.45) is 4.98. The topological polar surface area (TPSA) is 77.0 Å². The summed E-state index contributed by atoms with van der Waals surface area (Å²) in [6.45, 7) is 5.82. The number of rotatable bonds is 3. The van der Waals surface area contributed by atoms with Crippen molar-refractivity contribution in [1.82, 2.24) is 19.7 Å². The first kappa shape index (κ1) is 15.4. The molecule has 7 heteroatoms. The molecular formula is C17H23N5O2. The van der Waals surface area contributed by atoms with Crippen LogP contribution in [0.15, 0.2) is 21.7 Å². The second-order valence-electron chi connectivity index (χ2n) is 7.43. The molecule has 3 heterocycles. The lowest BCUT2D eigenvalue weighted by molar-refractivity contribution is 0.264. The first-order valence-corrected chi connectivity index (χ1v) is 8.61. The van der Waals surface area contributed by atoms with Crippen molar-refractivity contribution < 1.29 is 4.52 Å². The Labute approximate surface area is 140 Å². The van der Waals surface area contributed by atoms with Crippen molar-refractivity contribution in [1.29, 1.82) is 0 Å². The fraction of sp³-hybridized carbons (Fsp3) is 0.647. The molecule has 1 aliphatic carbocycles. The van der Waals surface area contributed by atoms with Crippen molar-refractivity contribution in [3.8, 4) is 0 Å². The first-order chi connectivity index (χ1) is 11.5. The van der Waals surface area contributed by atoms with Crippen LogP contribution < -0.4 is 10.5 Å². The Kier molecular flexibility index (Phi) is 3.47. The molecule has 24 heavy (non-hydrogen) atoms. The molecule has 0 N–H and O–H groups in total. The summed E-state index contributed by atoms with van der Waals surface area (Å²) in [7, 11) is 1.71. The van der Waals surface area contributed by atoms with Gasteiger partial charge in [-0.25, -0.2) is 4.98 Å². The van der Waals surface area contributed by atoms with E-state index < -0.39 is 0 Å². The quantitative estimate of drug-likeness (QED) is 0.855. The molecule has 0 aromatic carbocycles. The Balaban J connectivity index is 1.67. The molecule has 2 aromatic rings. The summed E-state index contributed by atoms with van der Waals surface area (Å²) in [5, 5.41) is 4.17. The van der Waals surface area contributed by atoms with E-state index in [1.807, 2.05) is 0 Å². The number of anilines is 1. The van der Waals surface area contributed by atoms with Gasteiger partial charge in [0.25, 0.3) is 5.56 Å². The minimum atomic E-state index is -0.0943. The largest absolute Gasteiger partial charge is 0.355 e. The third-order valence-electron chi connectivity index (χ3n) is 5.54. The molecule has 4 rings (SSSR count). The number of aryl methyl sites for hydroxylation is 1. The molecule has 2 fully saturated rings. The van der Waals surface area contributed by atoms with Crippen LogP contribution in [0.3, 0.4) is 0 Å². The van der Waals surface area contributed by atoms with Crippen molar-refractivity contribution in [2.75, 3.05) is 18.0 Å². The smallest absolute Gasteiger partial charge is 0.255 e. The minimum absolute atomic E-state index is 0.0361. The van der Waals surface area contributed by atoms with Crippen molar-refractivity contribution >= 4 is 5.82 Å². The summed E-state index contributed by atoms with van der Waals surface area (Å²) < 4.78 is 7.16. The predicted octanol–water partition coefficient (Wildman–Crippen LogP) is 1.84. The van der Waals surface area contributed by atoms with Crippen LogP contribution in [0.25, 0.3) is 0 Å². The van der Waals surface area contributed by atoms with E-state index in [9.17, 15) is 4.79 Å². The van der Waals surface area contributed by atoms with Gasteiger partial charge in [0.1, 0.15) is 5.82 Å². The predicted molar refractivity (Wildman–Crippen MR) is 89.1 cm³/mol. The molecule has 2 aromatic heterocycles. The van der Waals surface area contributed by atoms with E-state index in [2.05, 4.69) is 28.9 Å². The van der Waals surface area contributed by atoms with Crippen LogP contribution in [-0.4, -0.2) is 32.8 Å². The van der Waals surface area contributed by atoms with Crippen LogP contribution in [0, 0.1) is 5.92 Å². The van der Waals surface area contributed by atoms with Gasteiger partial charge in [0.2, 0.25) is 5.89 Å². The van der Waals surface area contributed by atoms with E-state index in [1.54, 1.807) is 19.4 Å². The van der Waals surface area contributed by atoms with Crippen LogP contribution >= 0.6 is 0 Å². The lowest BCUT2D eigenvalue weighted by atomic mass is 9.80. The number of nitrogens with zero attached hydrogens (tertiary/aromatic N) is 5. The highest BCUT2D eigenvalue weighted by Gasteiger charge is 2.54. The highest BCUT2D eigenvalue weighted by molar-refractivity contribution is 5.42. The lowest BCUT2D eigenvalue weighted by Gasteiger charge is -2.24. The summed E-state index contributed by atoms with van der Waals surface area (Å²) >= 11 is 0. The molecule has 0 unspecified atom stereocenters. The van der Waals surface area contributed by atoms with E-state index in [0.717, 1.165) is 43.5 Å². The molecule has 128 valence electrons. The van der Waals surface area contributed by atoms with Gasteiger partial charge in [0.15, 0.2) is 5.82 Å². The molecule has 1 saturated heterocycles. The van der Waals surface area contributed by atoms with E-state index in [0.29, 0.717) is 5.92 Å². The summed E-state index contributed by atoms with van der Waals surface area (Å²) in [5.41, 5.74) is -0.130. The molecule has 0 spiro atoms. The van der Waals surface area contributed by atoms with Gasteiger partial charge < -0.3 is 14.0 Å². The maximum absolute atomic E-state index is 11.9. The molecule has 1 saturated carbocycles. The van der Waals surface area contributed by atoms with Gasteiger partial charge in [-0.05, 0) is 18.8 Å². The van der Waals surface area contributed by atoms with Crippen LogP contribution in [0.1, 0.15) is 50.7 Å². The van der Waals surface area contributed by atoms with E-state index in [4.69, 9.17) is 9.51 Å². The second-order valence-corrected chi connectivity index (χ2v) is 7.43. The van der Waals surface area contributed by atoms with Crippen LogP contribution in [0.4, 0.5) is 5.82 Å². The number of fused-ring (bicyclic) bond motifs is 1. The summed E-state index contributed by atoms with van der Waals surface area (Å²) in [4.78, 5) is 23.2. The van der Waals surface area contributed by atoms with Gasteiger partial charge in [-0.15, -0.1) is 0 Å². The highest BCUT2D eigenvalue weighted by atomic mass is 16.5. The first-order valence-electron chi connectivity index (χ1n) is 8.61. The van der Waals surface area contributed by atoms with Crippen LogP contribution in [0.5, 0.6) is 0 Å². The average molecular weight is 329 g/mol. The Hall–Kier alpha value is -2.18. The zero-order valence-electron chi connectivity index (χ0n) is 14.4. The summed E-state index contributed by atoms with van der Waals surface area (Å²) in [6, 6.07) is 1.61. The molecule has 2 aliphatic rings. The van der Waals surface area contributed by atoms with Crippen LogP contribution in [0.2, 0.25) is 0 Å². The summed E-state index contributed by atoms with van der Waals surface area (Å²) in [5.74, 6) is 3.02. The average Bonchev–Trinajstić information content (AvgIpc) is 3.21. The van der Waals surface area contributed by atoms with Gasteiger partial charge in [0, 0.05) is 32.1 Å². The van der Waals surface area contributed by atoms with E-state index in [1.165, 1.54) is 11.0 Å². The minimum Gasteiger partial charge on any atom is -0.355 e. The molecular weight excluding hydrogens is 306 g/mol. The highest BCUT2D eigenvalue weighted by Crippen LogP contribution is 2.50. The Morgan fingerprint density at radius 2 is 2.25 bits per heavy atom. The van der Waals surface area contributed by atoms with E-state index >= 15 is 0 Å². The Morgan fingerprint density at radius 3 is 2.96 bits per heavy atom. The maximum Gasteiger partial charge on any atom is 0.255 e. The van der Waals surface area contributed by atoms with Crippen molar-refractivity contribution in [2.45, 2.75) is 44.4 Å². The van der Waals surface area contributed by atoms with Gasteiger partial charge >= 0.3 is 0 Å². The molecule has 0 bridgehead atoms. The molecule has 2 atom stereocenters. The third-order valence-corrected chi connectivity index (χ3v) is 5.54. The van der Waals surface area contributed by atoms with Crippen molar-refractivity contribution in [3.05, 3.63) is 34.5 Å². The van der Waals surface area contributed by atoms with Crippen molar-refractivity contribution in [2.24, 2.45) is 13.0 Å². The Morgan fingerprint density at radius 1 is 1.42 bits per heavy atom. The lowest BCUT2D eigenvalue weighted by Crippen LogP contribution is -2.33. The SMILES string of the molecule is CC(C)c1noc([C@]23CCC[C@H]2CN(c2cc(=O)n(C)cn2)C3)n1. The van der Waals surface area contributed by atoms with Gasteiger partial charge in [-0.2, -0.15) is 4.98 Å². The zero-order valence-corrected chi connectivity index (χ0v) is 14.4. The van der Waals surface area contributed by atoms with E-state index in [-0.39, 0.29) is 16.9 Å².